The summed E-state index contributed by atoms with van der Waals surface area (Å²) in [5.41, 5.74) is 10.1. The van der Waals surface area contributed by atoms with E-state index in [0.717, 1.165) is 49.3 Å². The van der Waals surface area contributed by atoms with Crippen molar-refractivity contribution in [3.05, 3.63) is 77.5 Å². The van der Waals surface area contributed by atoms with Crippen LogP contribution in [0.4, 0.5) is 0 Å². The molecule has 1 unspecified atom stereocenters. The zero-order valence-corrected chi connectivity index (χ0v) is 21.9. The zero-order valence-electron chi connectivity index (χ0n) is 19.5. The molecule has 4 N–H and O–H groups in total. The number of nitrogens with two attached hydrogens (primary N) is 1. The van der Waals surface area contributed by atoms with Crippen molar-refractivity contribution in [2.75, 3.05) is 20.1 Å². The molecule has 34 heavy (non-hydrogen) atoms. The fraction of sp³-hybridized carbons (Fsp3) is 0.346. The maximum Gasteiger partial charge on any atom is 0.221 e. The largest absolute Gasteiger partial charge is 0.369 e. The number of nitrogens with one attached hydrogen (secondary N) is 2. The molecule has 2 aromatic carbocycles. The van der Waals surface area contributed by atoms with E-state index in [1.54, 1.807) is 7.05 Å². The molecule has 1 amide bonds. The van der Waals surface area contributed by atoms with Gasteiger partial charge >= 0.3 is 0 Å². The fourth-order valence-corrected chi connectivity index (χ4v) is 4.42. The van der Waals surface area contributed by atoms with Gasteiger partial charge in [0.15, 0.2) is 5.96 Å². The number of guanidine groups is 1. The average Bonchev–Trinajstić information content (AvgIpc) is 2.84. The molecule has 3 aromatic rings. The second-order valence-corrected chi connectivity index (χ2v) is 8.56. The molecule has 1 aliphatic rings. The Morgan fingerprint density at radius 2 is 1.91 bits per heavy atom. The average molecular weight is 572 g/mol. The van der Waals surface area contributed by atoms with Gasteiger partial charge in [-0.25, -0.2) is 0 Å². The highest BCUT2D eigenvalue weighted by Crippen LogP contribution is 2.19. The van der Waals surface area contributed by atoms with Gasteiger partial charge in [-0.3, -0.25) is 19.7 Å². The monoisotopic (exact) mass is 572 g/mol. The van der Waals surface area contributed by atoms with Gasteiger partial charge in [-0.1, -0.05) is 42.5 Å². The van der Waals surface area contributed by atoms with Crippen LogP contribution in [0.25, 0.3) is 10.9 Å². The normalized spacial score (nSPS) is 16.6. The number of halogens is 1. The van der Waals surface area contributed by atoms with Crippen LogP contribution in [0, 0.1) is 5.92 Å². The molecular formula is C26H33IN6O. The first kappa shape index (κ1) is 25.9. The first-order valence-electron chi connectivity index (χ1n) is 11.5. The molecule has 0 aliphatic carbocycles. The first-order valence-corrected chi connectivity index (χ1v) is 11.5. The summed E-state index contributed by atoms with van der Waals surface area (Å²) in [4.78, 5) is 22.7. The van der Waals surface area contributed by atoms with Gasteiger partial charge in [0.25, 0.3) is 0 Å². The molecule has 0 radical (unpaired) electrons. The molecule has 8 heteroatoms. The Balaban J connectivity index is 0.00000324. The number of rotatable bonds is 7. The number of amides is 1. The maximum absolute atomic E-state index is 11.6. The second-order valence-electron chi connectivity index (χ2n) is 8.56. The number of benzene rings is 2. The molecule has 1 aromatic heterocycles. The number of carbonyl (C=O) groups excluding carboxylic acids is 1. The van der Waals surface area contributed by atoms with Crippen molar-refractivity contribution in [3.63, 3.8) is 0 Å². The Hall–Kier alpha value is -2.72. The first-order chi connectivity index (χ1) is 16.1. The van der Waals surface area contributed by atoms with Crippen LogP contribution in [0.15, 0.2) is 65.8 Å². The Bertz CT molecular complexity index is 1130. The SMILES string of the molecule is CN=C(NCc1cccc(CN2CCCC(C(N)=O)C2)c1)NCc1ccnc2ccccc12.I. The van der Waals surface area contributed by atoms with Crippen molar-refractivity contribution in [1.82, 2.24) is 20.5 Å². The molecule has 7 nitrogen and oxygen atoms in total. The van der Waals surface area contributed by atoms with Crippen molar-refractivity contribution >= 4 is 46.7 Å². The van der Waals surface area contributed by atoms with Crippen LogP contribution in [0.5, 0.6) is 0 Å². The highest BCUT2D eigenvalue weighted by molar-refractivity contribution is 14.0. The summed E-state index contributed by atoms with van der Waals surface area (Å²) >= 11 is 0. The van der Waals surface area contributed by atoms with Gasteiger partial charge in [0.05, 0.1) is 11.4 Å². The molecule has 1 fully saturated rings. The predicted molar refractivity (Wildman–Crippen MR) is 148 cm³/mol. The third kappa shape index (κ3) is 6.89. The van der Waals surface area contributed by atoms with E-state index >= 15 is 0 Å². The van der Waals surface area contributed by atoms with Crippen LogP contribution in [0.3, 0.4) is 0 Å². The topological polar surface area (TPSA) is 95.6 Å². The third-order valence-electron chi connectivity index (χ3n) is 6.17. The molecule has 1 aliphatic heterocycles. The van der Waals surface area contributed by atoms with Crippen molar-refractivity contribution < 1.29 is 4.79 Å². The predicted octanol–water partition coefficient (Wildman–Crippen LogP) is 3.42. The van der Waals surface area contributed by atoms with E-state index in [2.05, 4.69) is 55.8 Å². The number of aliphatic imine (C=N–C) groups is 1. The highest BCUT2D eigenvalue weighted by Gasteiger charge is 2.23. The summed E-state index contributed by atoms with van der Waals surface area (Å²) < 4.78 is 0. The quantitative estimate of drug-likeness (QED) is 0.229. The van der Waals surface area contributed by atoms with Gasteiger partial charge in [0.1, 0.15) is 0 Å². The maximum atomic E-state index is 11.6. The zero-order chi connectivity index (χ0) is 23.0. The van der Waals surface area contributed by atoms with Gasteiger partial charge in [-0.15, -0.1) is 24.0 Å². The van der Waals surface area contributed by atoms with E-state index in [4.69, 9.17) is 5.73 Å². The highest BCUT2D eigenvalue weighted by atomic mass is 127. The molecule has 0 spiro atoms. The number of carbonyl (C=O) groups is 1. The fourth-order valence-electron chi connectivity index (χ4n) is 4.42. The van der Waals surface area contributed by atoms with Crippen LogP contribution in [0.2, 0.25) is 0 Å². The van der Waals surface area contributed by atoms with Crippen LogP contribution in [-0.4, -0.2) is 41.9 Å². The van der Waals surface area contributed by atoms with E-state index in [1.165, 1.54) is 16.7 Å². The lowest BCUT2D eigenvalue weighted by Crippen LogP contribution is -2.40. The number of aromatic nitrogens is 1. The van der Waals surface area contributed by atoms with Gasteiger partial charge in [-0.2, -0.15) is 0 Å². The van der Waals surface area contributed by atoms with Gasteiger partial charge in [-0.05, 0) is 48.2 Å². The smallest absolute Gasteiger partial charge is 0.221 e. The standard InChI is InChI=1S/C26H32N6O.HI/c1-28-26(31-16-21-11-12-29-24-10-3-2-9-23(21)24)30-15-19-6-4-7-20(14-19)17-32-13-5-8-22(18-32)25(27)33;/h2-4,6-7,9-12,14,22H,5,8,13,15-18H2,1H3,(H2,27,33)(H2,28,30,31);1H. The minimum atomic E-state index is -0.184. The number of likely N-dealkylation sites (tertiary alicyclic amines) is 1. The summed E-state index contributed by atoms with van der Waals surface area (Å²) in [6.45, 7) is 3.93. The molecule has 0 saturated carbocycles. The van der Waals surface area contributed by atoms with E-state index in [1.807, 2.05) is 30.5 Å². The van der Waals surface area contributed by atoms with E-state index < -0.39 is 0 Å². The molecular weight excluding hydrogens is 539 g/mol. The number of hydrogen-bond donors (Lipinski definition) is 3. The number of para-hydroxylation sites is 1. The Labute approximate surface area is 218 Å². The summed E-state index contributed by atoms with van der Waals surface area (Å²) in [7, 11) is 1.78. The Kier molecular flexibility index (Phi) is 9.64. The molecule has 0 bridgehead atoms. The number of fused-ring (bicyclic) bond motifs is 1. The molecule has 1 saturated heterocycles. The van der Waals surface area contributed by atoms with Crippen LogP contribution < -0.4 is 16.4 Å². The number of piperidine rings is 1. The van der Waals surface area contributed by atoms with E-state index in [9.17, 15) is 4.79 Å². The van der Waals surface area contributed by atoms with Crippen LogP contribution >= 0.6 is 24.0 Å². The third-order valence-corrected chi connectivity index (χ3v) is 6.17. The number of hydrogen-bond acceptors (Lipinski definition) is 4. The van der Waals surface area contributed by atoms with E-state index in [0.29, 0.717) is 13.1 Å². The summed E-state index contributed by atoms with van der Waals surface area (Å²) in [5.74, 6) is 0.536. The number of pyridine rings is 1. The Morgan fingerprint density at radius 1 is 1.12 bits per heavy atom. The van der Waals surface area contributed by atoms with Gasteiger partial charge < -0.3 is 16.4 Å². The van der Waals surface area contributed by atoms with Gasteiger partial charge in [0, 0.05) is 44.8 Å². The number of nitrogens with zero attached hydrogens (tertiary/aromatic N) is 3. The molecule has 2 heterocycles. The minimum Gasteiger partial charge on any atom is -0.369 e. The van der Waals surface area contributed by atoms with Crippen LogP contribution in [0.1, 0.15) is 29.5 Å². The lowest BCUT2D eigenvalue weighted by atomic mass is 9.97. The van der Waals surface area contributed by atoms with Crippen molar-refractivity contribution in [1.29, 1.82) is 0 Å². The molecule has 180 valence electrons. The second kappa shape index (κ2) is 12.7. The lowest BCUT2D eigenvalue weighted by molar-refractivity contribution is -0.123. The summed E-state index contributed by atoms with van der Waals surface area (Å²) in [6, 6.07) is 18.7. The van der Waals surface area contributed by atoms with E-state index in [-0.39, 0.29) is 35.8 Å². The summed E-state index contributed by atoms with van der Waals surface area (Å²) in [6.07, 6.45) is 3.76. The minimum absolute atomic E-state index is 0. The van der Waals surface area contributed by atoms with Crippen molar-refractivity contribution in [2.45, 2.75) is 32.5 Å². The molecule has 1 atom stereocenters. The van der Waals surface area contributed by atoms with Crippen molar-refractivity contribution in [2.24, 2.45) is 16.6 Å². The lowest BCUT2D eigenvalue weighted by Gasteiger charge is -2.31. The van der Waals surface area contributed by atoms with Gasteiger partial charge in [0.2, 0.25) is 5.91 Å². The van der Waals surface area contributed by atoms with Crippen molar-refractivity contribution in [3.8, 4) is 0 Å². The number of primary amides is 1. The Morgan fingerprint density at radius 3 is 2.74 bits per heavy atom. The summed E-state index contributed by atoms with van der Waals surface area (Å²) in [5, 5.41) is 7.95. The van der Waals surface area contributed by atoms with Crippen LogP contribution in [-0.2, 0) is 24.4 Å². The molecule has 4 rings (SSSR count).